The van der Waals surface area contributed by atoms with E-state index in [1.165, 1.54) is 6.42 Å². The van der Waals surface area contributed by atoms with Crippen molar-refractivity contribution in [3.63, 3.8) is 0 Å². The molecule has 0 aromatic heterocycles. The minimum absolute atomic E-state index is 0.0788. The number of ether oxygens (including phenoxy) is 4. The van der Waals surface area contributed by atoms with Gasteiger partial charge in [0.1, 0.15) is 0 Å². The number of carbonyl (C=O) groups is 2. The Balaban J connectivity index is 1.95. The van der Waals surface area contributed by atoms with Crippen molar-refractivity contribution in [1.82, 2.24) is 0 Å². The lowest BCUT2D eigenvalue weighted by Gasteiger charge is -2.55. The largest absolute Gasteiger partial charge is 0.465 e. The van der Waals surface area contributed by atoms with Crippen molar-refractivity contribution in [3.05, 3.63) is 0 Å². The van der Waals surface area contributed by atoms with Gasteiger partial charge in [-0.2, -0.15) is 0 Å². The molecule has 0 aromatic rings. The molecule has 1 heterocycles. The highest BCUT2D eigenvalue weighted by Gasteiger charge is 2.67. The van der Waals surface area contributed by atoms with E-state index in [2.05, 4.69) is 20.8 Å². The average molecular weight is 397 g/mol. The van der Waals surface area contributed by atoms with Crippen molar-refractivity contribution in [3.8, 4) is 0 Å². The fourth-order valence-electron chi connectivity index (χ4n) is 5.63. The van der Waals surface area contributed by atoms with Gasteiger partial charge in [-0.1, -0.05) is 20.3 Å². The van der Waals surface area contributed by atoms with Crippen LogP contribution in [0.3, 0.4) is 0 Å². The number of hydrogen-bond acceptors (Lipinski definition) is 6. The second kappa shape index (κ2) is 7.60. The summed E-state index contributed by atoms with van der Waals surface area (Å²) in [5.41, 5.74) is -1.74. The highest BCUT2D eigenvalue weighted by Crippen LogP contribution is 2.58. The SMILES string of the molecule is CCOC(=O)C1(C(=O)OCC)CC(C)[C@]2(C1)O[C@@H]1C[C@H](C)CC[C@H]1C(C)(C)O2. The molecule has 1 saturated heterocycles. The number of carbonyl (C=O) groups excluding carboxylic acids is 2. The second-order valence-corrected chi connectivity index (χ2v) is 9.50. The lowest BCUT2D eigenvalue weighted by Crippen LogP contribution is -2.61. The first kappa shape index (κ1) is 21.6. The van der Waals surface area contributed by atoms with Crippen molar-refractivity contribution in [2.75, 3.05) is 13.2 Å². The smallest absolute Gasteiger partial charge is 0.323 e. The summed E-state index contributed by atoms with van der Waals surface area (Å²) in [6.45, 7) is 12.4. The molecule has 1 aliphatic heterocycles. The van der Waals surface area contributed by atoms with Gasteiger partial charge in [-0.05, 0) is 52.9 Å². The average Bonchev–Trinajstić information content (AvgIpc) is 2.87. The highest BCUT2D eigenvalue weighted by molar-refractivity contribution is 6.00. The third kappa shape index (κ3) is 3.47. The van der Waals surface area contributed by atoms with E-state index in [0.717, 1.165) is 12.8 Å². The Labute approximate surface area is 168 Å². The van der Waals surface area contributed by atoms with E-state index < -0.39 is 23.1 Å². The van der Waals surface area contributed by atoms with Crippen molar-refractivity contribution in [2.24, 2.45) is 23.2 Å². The molecule has 5 atom stereocenters. The van der Waals surface area contributed by atoms with Gasteiger partial charge >= 0.3 is 11.9 Å². The fraction of sp³-hybridized carbons (Fsp3) is 0.909. The van der Waals surface area contributed by atoms with Gasteiger partial charge in [0.05, 0.1) is 24.9 Å². The van der Waals surface area contributed by atoms with E-state index in [4.69, 9.17) is 18.9 Å². The first-order valence-corrected chi connectivity index (χ1v) is 10.8. The van der Waals surface area contributed by atoms with Crippen molar-refractivity contribution in [2.45, 2.75) is 91.1 Å². The Morgan fingerprint density at radius 1 is 1.04 bits per heavy atom. The summed E-state index contributed by atoms with van der Waals surface area (Å²) in [6.07, 6.45) is 3.78. The topological polar surface area (TPSA) is 71.1 Å². The third-order valence-electron chi connectivity index (χ3n) is 7.02. The number of esters is 2. The van der Waals surface area contributed by atoms with Crippen LogP contribution in [0.25, 0.3) is 0 Å². The summed E-state index contributed by atoms with van der Waals surface area (Å²) in [6, 6.07) is 0. The maximum absolute atomic E-state index is 12.9. The number of hydrogen-bond donors (Lipinski definition) is 0. The maximum atomic E-state index is 12.9. The molecule has 0 bridgehead atoms. The van der Waals surface area contributed by atoms with Crippen molar-refractivity contribution < 1.29 is 28.5 Å². The molecular formula is C22H36O6. The van der Waals surface area contributed by atoms with Crippen molar-refractivity contribution >= 4 is 11.9 Å². The Bertz CT molecular complexity index is 596. The van der Waals surface area contributed by atoms with Gasteiger partial charge < -0.3 is 18.9 Å². The predicted octanol–water partition coefficient (Wildman–Crippen LogP) is 3.86. The molecule has 3 fully saturated rings. The molecule has 6 nitrogen and oxygen atoms in total. The van der Waals surface area contributed by atoms with Gasteiger partial charge in [0, 0.05) is 18.3 Å². The van der Waals surface area contributed by atoms with E-state index >= 15 is 0 Å². The quantitative estimate of drug-likeness (QED) is 0.531. The molecule has 6 heteroatoms. The third-order valence-corrected chi connectivity index (χ3v) is 7.02. The minimum Gasteiger partial charge on any atom is -0.465 e. The minimum atomic E-state index is -1.37. The Morgan fingerprint density at radius 2 is 1.64 bits per heavy atom. The van der Waals surface area contributed by atoms with Crippen LogP contribution in [0.15, 0.2) is 0 Å². The molecule has 160 valence electrons. The van der Waals surface area contributed by atoms with Gasteiger partial charge in [-0.15, -0.1) is 0 Å². The molecule has 28 heavy (non-hydrogen) atoms. The first-order valence-electron chi connectivity index (χ1n) is 10.8. The Hall–Kier alpha value is -1.14. The zero-order valence-electron chi connectivity index (χ0n) is 18.2. The Kier molecular flexibility index (Phi) is 5.85. The van der Waals surface area contributed by atoms with Crippen LogP contribution >= 0.6 is 0 Å². The lowest BCUT2D eigenvalue weighted by atomic mass is 9.71. The molecule has 0 amide bonds. The van der Waals surface area contributed by atoms with Crippen LogP contribution in [0.1, 0.15) is 73.6 Å². The molecule has 1 spiro atoms. The van der Waals surface area contributed by atoms with E-state index in [1.807, 2.05) is 6.92 Å². The summed E-state index contributed by atoms with van der Waals surface area (Å²) in [4.78, 5) is 25.8. The Morgan fingerprint density at radius 3 is 2.21 bits per heavy atom. The van der Waals surface area contributed by atoms with Gasteiger partial charge in [0.2, 0.25) is 0 Å². The van der Waals surface area contributed by atoms with E-state index in [1.54, 1.807) is 13.8 Å². The maximum Gasteiger partial charge on any atom is 0.323 e. The van der Waals surface area contributed by atoms with Gasteiger partial charge in [0.15, 0.2) is 11.2 Å². The zero-order chi connectivity index (χ0) is 20.7. The van der Waals surface area contributed by atoms with Crippen molar-refractivity contribution in [1.29, 1.82) is 0 Å². The molecule has 0 radical (unpaired) electrons. The van der Waals surface area contributed by atoms with Crippen LogP contribution in [-0.4, -0.2) is 42.6 Å². The summed E-state index contributed by atoms with van der Waals surface area (Å²) in [7, 11) is 0. The fourth-order valence-corrected chi connectivity index (χ4v) is 5.63. The van der Waals surface area contributed by atoms with Gasteiger partial charge in [-0.25, -0.2) is 0 Å². The van der Waals surface area contributed by atoms with Crippen LogP contribution < -0.4 is 0 Å². The highest BCUT2D eigenvalue weighted by atomic mass is 16.7. The van der Waals surface area contributed by atoms with E-state index in [9.17, 15) is 9.59 Å². The predicted molar refractivity (Wildman–Crippen MR) is 103 cm³/mol. The summed E-state index contributed by atoms with van der Waals surface area (Å²) < 4.78 is 23.9. The summed E-state index contributed by atoms with van der Waals surface area (Å²) in [5.74, 6) is -1.23. The molecule has 3 aliphatic rings. The van der Waals surface area contributed by atoms with Gasteiger partial charge in [-0.3, -0.25) is 9.59 Å². The van der Waals surface area contributed by atoms with Crippen LogP contribution in [-0.2, 0) is 28.5 Å². The number of fused-ring (bicyclic) bond motifs is 1. The summed E-state index contributed by atoms with van der Waals surface area (Å²) in [5, 5.41) is 0. The monoisotopic (exact) mass is 396 g/mol. The van der Waals surface area contributed by atoms with E-state index in [-0.39, 0.29) is 37.3 Å². The van der Waals surface area contributed by atoms with E-state index in [0.29, 0.717) is 18.3 Å². The first-order chi connectivity index (χ1) is 13.1. The van der Waals surface area contributed by atoms with Crippen LogP contribution in [0, 0.1) is 23.2 Å². The van der Waals surface area contributed by atoms with Crippen LogP contribution in [0.2, 0.25) is 0 Å². The van der Waals surface area contributed by atoms with Gasteiger partial charge in [0.25, 0.3) is 0 Å². The molecule has 3 rings (SSSR count). The van der Waals surface area contributed by atoms with Crippen LogP contribution in [0.4, 0.5) is 0 Å². The van der Waals surface area contributed by atoms with Crippen LogP contribution in [0.5, 0.6) is 0 Å². The molecular weight excluding hydrogens is 360 g/mol. The normalized spacial score (nSPS) is 38.6. The second-order valence-electron chi connectivity index (χ2n) is 9.50. The molecule has 0 aromatic carbocycles. The molecule has 1 unspecified atom stereocenters. The molecule has 0 N–H and O–H groups in total. The molecule has 2 aliphatic carbocycles. The summed E-state index contributed by atoms with van der Waals surface area (Å²) >= 11 is 0. The molecule has 2 saturated carbocycles. The number of rotatable bonds is 4. The zero-order valence-corrected chi connectivity index (χ0v) is 18.2. The lowest BCUT2D eigenvalue weighted by molar-refractivity contribution is -0.382. The standard InChI is InChI=1S/C22H36O6/c1-7-25-18(23)21(19(24)26-8-2)12-15(4)22(13-21)27-17-11-14(3)9-10-16(17)20(5,6)28-22/h14-17H,7-13H2,1-6H3/t14-,15?,16-,17-,22-/m1/s1.